The van der Waals surface area contributed by atoms with Gasteiger partial charge in [-0.05, 0) is 32.0 Å². The van der Waals surface area contributed by atoms with Gasteiger partial charge in [0, 0.05) is 19.0 Å². The van der Waals surface area contributed by atoms with Gasteiger partial charge in [0.05, 0.1) is 17.6 Å². The highest BCUT2D eigenvalue weighted by molar-refractivity contribution is 5.83. The van der Waals surface area contributed by atoms with Crippen molar-refractivity contribution in [1.29, 1.82) is 5.41 Å². The molecule has 23 heavy (non-hydrogen) atoms. The Balaban J connectivity index is 1.92. The molecule has 5 heteroatoms. The first-order chi connectivity index (χ1) is 11.2. The molecule has 0 radical (unpaired) electrons. The molecular formula is C18H26N4O. The molecule has 1 saturated carbocycles. The monoisotopic (exact) mass is 314 g/mol. The number of hydrogen-bond donors (Lipinski definition) is 2. The van der Waals surface area contributed by atoms with Crippen LogP contribution in [0, 0.1) is 11.3 Å². The topological polar surface area (TPSA) is 62.8 Å². The van der Waals surface area contributed by atoms with E-state index in [2.05, 4.69) is 5.32 Å². The van der Waals surface area contributed by atoms with Crippen molar-refractivity contribution in [3.8, 4) is 0 Å². The molecule has 0 bridgehead atoms. The molecule has 0 spiro atoms. The van der Waals surface area contributed by atoms with Crippen molar-refractivity contribution in [1.82, 2.24) is 14.5 Å². The predicted octanol–water partition coefficient (Wildman–Crippen LogP) is 2.29. The van der Waals surface area contributed by atoms with Crippen LogP contribution in [0.2, 0.25) is 0 Å². The van der Waals surface area contributed by atoms with Gasteiger partial charge in [0.15, 0.2) is 5.78 Å². The molecule has 2 N–H and O–H groups in total. The quantitative estimate of drug-likeness (QED) is 0.859. The van der Waals surface area contributed by atoms with E-state index in [0.29, 0.717) is 17.9 Å². The molecular weight excluding hydrogens is 288 g/mol. The number of ketones is 1. The first-order valence-corrected chi connectivity index (χ1v) is 8.62. The number of para-hydroxylation sites is 2. The Bertz CT molecular complexity index is 737. The average Bonchev–Trinajstić information content (AvgIpc) is 2.86. The number of rotatable bonds is 6. The van der Waals surface area contributed by atoms with Crippen LogP contribution in [0.3, 0.4) is 0 Å². The number of hydrogen-bond acceptors (Lipinski definition) is 3. The normalized spacial score (nSPS) is 16.0. The third-order valence-corrected chi connectivity index (χ3v) is 4.93. The molecule has 0 saturated heterocycles. The van der Waals surface area contributed by atoms with Gasteiger partial charge in [-0.15, -0.1) is 0 Å². The van der Waals surface area contributed by atoms with Crippen LogP contribution < -0.4 is 10.9 Å². The van der Waals surface area contributed by atoms with Crippen LogP contribution in [0.4, 0.5) is 0 Å². The Morgan fingerprint density at radius 2 is 1.83 bits per heavy atom. The number of benzene rings is 1. The second kappa shape index (κ2) is 7.13. The molecule has 1 aromatic heterocycles. The molecule has 5 nitrogen and oxygen atoms in total. The summed E-state index contributed by atoms with van der Waals surface area (Å²) in [5.74, 6) is 0.481. The number of fused-ring (bicyclic) bond motifs is 1. The molecule has 0 aliphatic heterocycles. The first-order valence-electron chi connectivity index (χ1n) is 8.62. The number of Topliss-reactive ketones (excluding diaryl/α,β-unsaturated/α-hetero) is 1. The van der Waals surface area contributed by atoms with E-state index in [1.807, 2.05) is 40.4 Å². The van der Waals surface area contributed by atoms with Crippen LogP contribution in [0.15, 0.2) is 24.3 Å². The first kappa shape index (κ1) is 16.0. The van der Waals surface area contributed by atoms with Crippen molar-refractivity contribution in [2.24, 2.45) is 5.92 Å². The van der Waals surface area contributed by atoms with Gasteiger partial charge in [-0.2, -0.15) is 0 Å². The summed E-state index contributed by atoms with van der Waals surface area (Å²) >= 11 is 0. The maximum absolute atomic E-state index is 12.7. The SMILES string of the molecule is CNCCn1c(=N)n(CC(=O)C2CCCCC2)c2ccccc21. The molecule has 0 unspecified atom stereocenters. The molecule has 124 valence electrons. The Morgan fingerprint density at radius 1 is 1.17 bits per heavy atom. The lowest BCUT2D eigenvalue weighted by Gasteiger charge is -2.20. The Labute approximate surface area is 136 Å². The molecule has 1 aromatic carbocycles. The number of nitrogens with zero attached hydrogens (tertiary/aromatic N) is 2. The molecule has 2 aromatic rings. The fraction of sp³-hybridized carbons (Fsp3) is 0.556. The Hall–Kier alpha value is -1.88. The maximum Gasteiger partial charge on any atom is 0.203 e. The standard InChI is InChI=1S/C18H26N4O/c1-20-11-12-21-15-9-5-6-10-16(15)22(18(21)19)13-17(23)14-7-3-2-4-8-14/h5-6,9-10,14,19-20H,2-4,7-8,11-13H2,1H3. The molecule has 0 amide bonds. The summed E-state index contributed by atoms with van der Waals surface area (Å²) in [6.07, 6.45) is 5.62. The molecule has 1 aliphatic rings. The van der Waals surface area contributed by atoms with Crippen molar-refractivity contribution < 1.29 is 4.79 Å². The van der Waals surface area contributed by atoms with Crippen molar-refractivity contribution in [3.05, 3.63) is 29.9 Å². The summed E-state index contributed by atoms with van der Waals surface area (Å²) in [7, 11) is 1.91. The van der Waals surface area contributed by atoms with E-state index in [0.717, 1.165) is 37.0 Å². The average molecular weight is 314 g/mol. The van der Waals surface area contributed by atoms with Gasteiger partial charge in [0.2, 0.25) is 5.62 Å². The number of carbonyl (C=O) groups excluding carboxylic acids is 1. The van der Waals surface area contributed by atoms with Gasteiger partial charge in [0.1, 0.15) is 0 Å². The molecule has 1 heterocycles. The zero-order chi connectivity index (χ0) is 16.2. The minimum atomic E-state index is 0.190. The smallest absolute Gasteiger partial charge is 0.203 e. The Kier molecular flexibility index (Phi) is 4.96. The van der Waals surface area contributed by atoms with Crippen molar-refractivity contribution in [2.75, 3.05) is 13.6 Å². The van der Waals surface area contributed by atoms with Crippen LogP contribution in [-0.4, -0.2) is 28.5 Å². The highest BCUT2D eigenvalue weighted by atomic mass is 16.1. The summed E-state index contributed by atoms with van der Waals surface area (Å²) in [5.41, 5.74) is 2.44. The summed E-state index contributed by atoms with van der Waals surface area (Å²) in [4.78, 5) is 12.7. The third-order valence-electron chi connectivity index (χ3n) is 4.93. The van der Waals surface area contributed by atoms with E-state index in [9.17, 15) is 4.79 Å². The molecule has 0 atom stereocenters. The van der Waals surface area contributed by atoms with Crippen molar-refractivity contribution in [3.63, 3.8) is 0 Å². The lowest BCUT2D eigenvalue weighted by molar-refractivity contribution is -0.124. The highest BCUT2D eigenvalue weighted by Crippen LogP contribution is 2.25. The van der Waals surface area contributed by atoms with Crippen LogP contribution in [0.5, 0.6) is 0 Å². The minimum absolute atomic E-state index is 0.190. The van der Waals surface area contributed by atoms with Crippen molar-refractivity contribution >= 4 is 16.8 Å². The molecule has 1 fully saturated rings. The number of nitrogens with one attached hydrogen (secondary N) is 2. The molecule has 3 rings (SSSR count). The lowest BCUT2D eigenvalue weighted by Crippen LogP contribution is -2.31. The van der Waals surface area contributed by atoms with E-state index >= 15 is 0 Å². The summed E-state index contributed by atoms with van der Waals surface area (Å²) in [6.45, 7) is 1.87. The van der Waals surface area contributed by atoms with Gasteiger partial charge < -0.3 is 14.5 Å². The number of aromatic nitrogens is 2. The van der Waals surface area contributed by atoms with Gasteiger partial charge >= 0.3 is 0 Å². The highest BCUT2D eigenvalue weighted by Gasteiger charge is 2.22. The number of imidazole rings is 1. The van der Waals surface area contributed by atoms with E-state index in [1.54, 1.807) is 0 Å². The van der Waals surface area contributed by atoms with Gasteiger partial charge in [-0.25, -0.2) is 0 Å². The fourth-order valence-corrected chi connectivity index (χ4v) is 3.61. The summed E-state index contributed by atoms with van der Waals surface area (Å²) in [5, 5.41) is 11.6. The summed E-state index contributed by atoms with van der Waals surface area (Å²) in [6, 6.07) is 8.01. The van der Waals surface area contributed by atoms with E-state index < -0.39 is 0 Å². The number of carbonyl (C=O) groups is 1. The Morgan fingerprint density at radius 3 is 2.48 bits per heavy atom. The lowest BCUT2D eigenvalue weighted by atomic mass is 9.86. The minimum Gasteiger partial charge on any atom is -0.318 e. The number of likely N-dealkylation sites (N-methyl/N-ethyl adjacent to an activating group) is 1. The van der Waals surface area contributed by atoms with Crippen LogP contribution in [0.25, 0.3) is 11.0 Å². The molecule has 1 aliphatic carbocycles. The maximum atomic E-state index is 12.7. The van der Waals surface area contributed by atoms with E-state index in [-0.39, 0.29) is 5.92 Å². The van der Waals surface area contributed by atoms with Gasteiger partial charge in [-0.1, -0.05) is 31.4 Å². The van der Waals surface area contributed by atoms with Crippen LogP contribution >= 0.6 is 0 Å². The zero-order valence-corrected chi connectivity index (χ0v) is 13.8. The van der Waals surface area contributed by atoms with Gasteiger partial charge in [0.25, 0.3) is 0 Å². The predicted molar refractivity (Wildman–Crippen MR) is 91.3 cm³/mol. The second-order valence-corrected chi connectivity index (χ2v) is 6.45. The second-order valence-electron chi connectivity index (χ2n) is 6.45. The third kappa shape index (κ3) is 3.24. The largest absolute Gasteiger partial charge is 0.318 e. The van der Waals surface area contributed by atoms with Gasteiger partial charge in [-0.3, -0.25) is 10.2 Å². The fourth-order valence-electron chi connectivity index (χ4n) is 3.61. The van der Waals surface area contributed by atoms with Crippen LogP contribution in [0.1, 0.15) is 32.1 Å². The van der Waals surface area contributed by atoms with Crippen LogP contribution in [-0.2, 0) is 17.9 Å². The van der Waals surface area contributed by atoms with E-state index in [1.165, 1.54) is 19.3 Å². The zero-order valence-electron chi connectivity index (χ0n) is 13.8. The summed E-state index contributed by atoms with van der Waals surface area (Å²) < 4.78 is 3.86. The van der Waals surface area contributed by atoms with Crippen molar-refractivity contribution in [2.45, 2.75) is 45.2 Å². The van der Waals surface area contributed by atoms with E-state index in [4.69, 9.17) is 5.41 Å².